The number of nitrogens with one attached hydrogen (secondary N) is 1. The van der Waals surface area contributed by atoms with Gasteiger partial charge in [-0.25, -0.2) is 4.79 Å². The normalized spacial score (nSPS) is 14.9. The van der Waals surface area contributed by atoms with Crippen LogP contribution in [-0.4, -0.2) is 47.6 Å². The number of likely N-dealkylation sites (tertiary alicyclic amines) is 1. The fraction of sp³-hybridized carbons (Fsp3) is 0.310. The zero-order valence-corrected chi connectivity index (χ0v) is 19.8. The molecule has 3 aromatic carbocycles. The van der Waals surface area contributed by atoms with Crippen molar-refractivity contribution in [2.24, 2.45) is 0 Å². The number of rotatable bonds is 9. The van der Waals surface area contributed by atoms with Crippen molar-refractivity contribution in [3.63, 3.8) is 0 Å². The number of carbonyl (C=O) groups excluding carboxylic acids is 2. The molecule has 1 saturated heterocycles. The number of aliphatic hydroxyl groups is 1. The minimum absolute atomic E-state index is 0.0261. The Labute approximate surface area is 206 Å². The second-order valence-electron chi connectivity index (χ2n) is 8.90. The summed E-state index contributed by atoms with van der Waals surface area (Å²) in [5.41, 5.74) is 0.177. The van der Waals surface area contributed by atoms with Crippen molar-refractivity contribution < 1.29 is 19.4 Å². The minimum atomic E-state index is -1.86. The van der Waals surface area contributed by atoms with Crippen LogP contribution in [0.3, 0.4) is 0 Å². The second kappa shape index (κ2) is 11.8. The monoisotopic (exact) mass is 472 g/mol. The highest BCUT2D eigenvalue weighted by atomic mass is 16.6. The number of hydrogen-bond donors (Lipinski definition) is 2. The van der Waals surface area contributed by atoms with Gasteiger partial charge in [0.1, 0.15) is 6.10 Å². The second-order valence-corrected chi connectivity index (χ2v) is 8.90. The molecule has 3 aromatic rings. The number of amides is 1. The number of nitrogens with zero attached hydrogens (tertiary/aromatic N) is 1. The van der Waals surface area contributed by atoms with Gasteiger partial charge in [0.15, 0.2) is 0 Å². The molecule has 6 heteroatoms. The maximum atomic E-state index is 13.3. The molecule has 0 spiro atoms. The molecule has 1 aliphatic heterocycles. The summed E-state index contributed by atoms with van der Waals surface area (Å²) in [5.74, 6) is -0.633. The Hall–Kier alpha value is -3.48. The summed E-state index contributed by atoms with van der Waals surface area (Å²) in [6, 6.07) is 27.7. The Kier molecular flexibility index (Phi) is 8.29. The van der Waals surface area contributed by atoms with Crippen LogP contribution in [0, 0.1) is 0 Å². The van der Waals surface area contributed by atoms with Gasteiger partial charge in [-0.1, -0.05) is 91.0 Å². The number of esters is 1. The summed E-state index contributed by atoms with van der Waals surface area (Å²) in [4.78, 5) is 27.7. The SMILES string of the molecule is O=C(CCN1CCC(OC(=O)C(O)(c2ccccc2)c2ccccc2)CC1)NCc1ccccc1. The summed E-state index contributed by atoms with van der Waals surface area (Å²) in [7, 11) is 0. The molecule has 0 saturated carbocycles. The van der Waals surface area contributed by atoms with E-state index in [1.807, 2.05) is 42.5 Å². The van der Waals surface area contributed by atoms with Crippen molar-refractivity contribution in [2.45, 2.75) is 37.5 Å². The van der Waals surface area contributed by atoms with Crippen LogP contribution in [0.1, 0.15) is 36.0 Å². The summed E-state index contributed by atoms with van der Waals surface area (Å²) >= 11 is 0. The third-order valence-corrected chi connectivity index (χ3v) is 6.47. The van der Waals surface area contributed by atoms with Crippen molar-refractivity contribution in [2.75, 3.05) is 19.6 Å². The van der Waals surface area contributed by atoms with Gasteiger partial charge in [-0.15, -0.1) is 0 Å². The van der Waals surface area contributed by atoms with Gasteiger partial charge in [0, 0.05) is 32.6 Å². The molecule has 1 heterocycles. The third-order valence-electron chi connectivity index (χ3n) is 6.47. The first-order chi connectivity index (χ1) is 17.1. The first-order valence-corrected chi connectivity index (χ1v) is 12.1. The maximum absolute atomic E-state index is 13.3. The van der Waals surface area contributed by atoms with Gasteiger partial charge in [0.2, 0.25) is 11.5 Å². The highest BCUT2D eigenvalue weighted by molar-refractivity contribution is 5.85. The minimum Gasteiger partial charge on any atom is -0.460 e. The molecule has 1 fully saturated rings. The molecule has 0 aromatic heterocycles. The lowest BCUT2D eigenvalue weighted by molar-refractivity contribution is -0.170. The molecule has 6 nitrogen and oxygen atoms in total. The van der Waals surface area contributed by atoms with Crippen LogP contribution in [0.25, 0.3) is 0 Å². The van der Waals surface area contributed by atoms with Crippen LogP contribution in [-0.2, 0) is 26.5 Å². The summed E-state index contributed by atoms with van der Waals surface area (Å²) in [5, 5.41) is 14.5. The number of ether oxygens (including phenoxy) is 1. The fourth-order valence-corrected chi connectivity index (χ4v) is 4.39. The van der Waals surface area contributed by atoms with Crippen molar-refractivity contribution in [3.8, 4) is 0 Å². The van der Waals surface area contributed by atoms with Gasteiger partial charge >= 0.3 is 5.97 Å². The third kappa shape index (κ3) is 6.35. The average Bonchev–Trinajstić information content (AvgIpc) is 2.92. The molecule has 4 rings (SSSR count). The fourth-order valence-electron chi connectivity index (χ4n) is 4.39. The molecular weight excluding hydrogens is 440 g/mol. The van der Waals surface area contributed by atoms with Crippen LogP contribution in [0.5, 0.6) is 0 Å². The Morgan fingerprint density at radius 1 is 0.857 bits per heavy atom. The molecule has 1 amide bonds. The van der Waals surface area contributed by atoms with Crippen molar-refractivity contribution in [1.82, 2.24) is 10.2 Å². The van der Waals surface area contributed by atoms with Crippen LogP contribution in [0.15, 0.2) is 91.0 Å². The molecule has 0 radical (unpaired) electrons. The van der Waals surface area contributed by atoms with E-state index in [0.29, 0.717) is 43.5 Å². The van der Waals surface area contributed by atoms with Gasteiger partial charge < -0.3 is 20.1 Å². The van der Waals surface area contributed by atoms with E-state index >= 15 is 0 Å². The Bertz CT molecular complexity index is 1040. The average molecular weight is 473 g/mol. The van der Waals surface area contributed by atoms with E-state index in [-0.39, 0.29) is 12.0 Å². The number of piperidine rings is 1. The first-order valence-electron chi connectivity index (χ1n) is 12.1. The molecule has 1 aliphatic rings. The van der Waals surface area contributed by atoms with Crippen molar-refractivity contribution in [1.29, 1.82) is 0 Å². The van der Waals surface area contributed by atoms with E-state index in [4.69, 9.17) is 4.74 Å². The summed E-state index contributed by atoms with van der Waals surface area (Å²) in [6.07, 6.45) is 1.48. The first kappa shape index (κ1) is 24.6. The van der Waals surface area contributed by atoms with E-state index in [1.165, 1.54) is 0 Å². The summed E-state index contributed by atoms with van der Waals surface area (Å²) in [6.45, 7) is 2.67. The lowest BCUT2D eigenvalue weighted by Crippen LogP contribution is -2.44. The Morgan fingerprint density at radius 2 is 1.37 bits per heavy atom. The molecule has 182 valence electrons. The molecule has 35 heavy (non-hydrogen) atoms. The highest BCUT2D eigenvalue weighted by Gasteiger charge is 2.42. The Balaban J connectivity index is 1.27. The smallest absolute Gasteiger partial charge is 0.347 e. The van der Waals surface area contributed by atoms with Crippen LogP contribution in [0.4, 0.5) is 0 Å². The maximum Gasteiger partial charge on any atom is 0.347 e. The van der Waals surface area contributed by atoms with E-state index in [9.17, 15) is 14.7 Å². The van der Waals surface area contributed by atoms with Crippen molar-refractivity contribution >= 4 is 11.9 Å². The van der Waals surface area contributed by atoms with Crippen LogP contribution >= 0.6 is 0 Å². The summed E-state index contributed by atoms with van der Waals surface area (Å²) < 4.78 is 5.83. The van der Waals surface area contributed by atoms with E-state index in [0.717, 1.165) is 18.7 Å². The topological polar surface area (TPSA) is 78.9 Å². The predicted molar refractivity (Wildman–Crippen MR) is 134 cm³/mol. The Morgan fingerprint density at radius 3 is 1.91 bits per heavy atom. The lowest BCUT2D eigenvalue weighted by atomic mass is 9.86. The quantitative estimate of drug-likeness (QED) is 0.465. The number of hydrogen-bond acceptors (Lipinski definition) is 5. The molecule has 0 unspecified atom stereocenters. The zero-order chi connectivity index (χ0) is 24.5. The number of benzene rings is 3. The van der Waals surface area contributed by atoms with E-state index in [1.54, 1.807) is 48.5 Å². The van der Waals surface area contributed by atoms with Gasteiger partial charge in [-0.2, -0.15) is 0 Å². The van der Waals surface area contributed by atoms with Gasteiger partial charge in [-0.05, 0) is 29.5 Å². The predicted octanol–water partition coefficient (Wildman–Crippen LogP) is 3.64. The molecule has 0 bridgehead atoms. The highest BCUT2D eigenvalue weighted by Crippen LogP contribution is 2.32. The molecule has 0 atom stereocenters. The van der Waals surface area contributed by atoms with Gasteiger partial charge in [0.05, 0.1) is 0 Å². The van der Waals surface area contributed by atoms with E-state index in [2.05, 4.69) is 10.2 Å². The van der Waals surface area contributed by atoms with Crippen LogP contribution in [0.2, 0.25) is 0 Å². The van der Waals surface area contributed by atoms with Crippen LogP contribution < -0.4 is 5.32 Å². The van der Waals surface area contributed by atoms with Gasteiger partial charge in [0.25, 0.3) is 0 Å². The lowest BCUT2D eigenvalue weighted by Gasteiger charge is -2.34. The number of carbonyl (C=O) groups is 2. The molecule has 0 aliphatic carbocycles. The van der Waals surface area contributed by atoms with E-state index < -0.39 is 11.6 Å². The van der Waals surface area contributed by atoms with Gasteiger partial charge in [-0.3, -0.25) is 4.79 Å². The van der Waals surface area contributed by atoms with Crippen molar-refractivity contribution in [3.05, 3.63) is 108 Å². The molecule has 2 N–H and O–H groups in total. The zero-order valence-electron chi connectivity index (χ0n) is 19.8. The largest absolute Gasteiger partial charge is 0.460 e. The molecular formula is C29H32N2O4. The standard InChI is InChI=1S/C29H32N2O4/c32-27(30-22-23-10-4-1-5-11-23)18-21-31-19-16-26(17-20-31)35-28(33)29(34,24-12-6-2-7-13-24)25-14-8-3-9-15-25/h1-15,26,34H,16-22H2,(H,30,32).